The van der Waals surface area contributed by atoms with Crippen LogP contribution in [0.3, 0.4) is 0 Å². The Hall–Kier alpha value is -5.50. The minimum atomic E-state index is -5.07. The highest BCUT2D eigenvalue weighted by Crippen LogP contribution is 2.40. The van der Waals surface area contributed by atoms with E-state index in [1.54, 1.807) is 12.1 Å². The minimum Gasteiger partial charge on any atom is -0.241 e. The molecule has 0 saturated carbocycles. The first-order valence-corrected chi connectivity index (χ1v) is 11.1. The molecule has 8 nitrogen and oxygen atoms in total. The Kier molecular flexibility index (Phi) is 6.31. The Morgan fingerprint density at radius 1 is 0.500 bits per heavy atom. The van der Waals surface area contributed by atoms with Crippen molar-refractivity contribution in [1.29, 1.82) is 10.5 Å². The van der Waals surface area contributed by atoms with E-state index in [-0.39, 0.29) is 11.1 Å². The first-order valence-electron chi connectivity index (χ1n) is 11.1. The number of aliphatic imine (C=N–C) groups is 2. The highest BCUT2D eigenvalue weighted by Gasteiger charge is 2.44. The van der Waals surface area contributed by atoms with Gasteiger partial charge in [0.25, 0.3) is 0 Å². The molecule has 0 radical (unpaired) electrons. The van der Waals surface area contributed by atoms with E-state index >= 15 is 0 Å². The standard InChI is InChI=1S/C26H10F6N8/c27-25(28,29)23-15(13-7-3-1-4-8-13)37-19-17(35-11-33)20-22(18(36-12-34)21(19)39-23)40-24(26(30,31)32)16(38-20)14-9-5-2-6-10-14/h1-10H. The zero-order chi connectivity index (χ0) is 28.7. The van der Waals surface area contributed by atoms with Gasteiger partial charge in [0, 0.05) is 11.1 Å². The van der Waals surface area contributed by atoms with Crippen LogP contribution in [0.15, 0.2) is 70.6 Å². The van der Waals surface area contributed by atoms with E-state index < -0.39 is 69.3 Å². The Morgan fingerprint density at radius 2 is 0.825 bits per heavy atom. The van der Waals surface area contributed by atoms with Crippen LogP contribution in [0.4, 0.5) is 26.3 Å². The summed E-state index contributed by atoms with van der Waals surface area (Å²) in [7, 11) is 0. The SMILES string of the molecule is N#CN=C1c2nc(-c3ccccc3)c(C(F)(F)F)nc2C(=NC#N)c2nc(C(F)(F)F)c(-c3ccccc3)nc21. The lowest BCUT2D eigenvalue weighted by Crippen LogP contribution is -2.31. The van der Waals surface area contributed by atoms with Crippen molar-refractivity contribution in [1.82, 2.24) is 19.9 Å². The zero-order valence-electron chi connectivity index (χ0n) is 19.6. The van der Waals surface area contributed by atoms with Gasteiger partial charge >= 0.3 is 12.4 Å². The highest BCUT2D eigenvalue weighted by atomic mass is 19.4. The average Bonchev–Trinajstić information content (AvgIpc) is 2.93. The van der Waals surface area contributed by atoms with E-state index in [2.05, 4.69) is 29.9 Å². The Morgan fingerprint density at radius 3 is 1.12 bits per heavy atom. The van der Waals surface area contributed by atoms with Gasteiger partial charge in [-0.25, -0.2) is 19.9 Å². The molecular formula is C26H10F6N8. The van der Waals surface area contributed by atoms with Gasteiger partial charge in [-0.2, -0.15) is 46.9 Å². The van der Waals surface area contributed by atoms with Crippen molar-refractivity contribution in [3.8, 4) is 34.9 Å². The second-order valence-corrected chi connectivity index (χ2v) is 8.08. The molecule has 0 amide bonds. The molecule has 4 aromatic rings. The molecule has 0 saturated heterocycles. The predicted molar refractivity (Wildman–Crippen MR) is 127 cm³/mol. The normalized spacial score (nSPS) is 12.6. The summed E-state index contributed by atoms with van der Waals surface area (Å²) in [6, 6.07) is 14.4. The number of aromatic nitrogens is 4. The number of fused-ring (bicyclic) bond motifs is 2. The fourth-order valence-corrected chi connectivity index (χ4v) is 4.06. The lowest BCUT2D eigenvalue weighted by Gasteiger charge is -2.23. The maximum absolute atomic E-state index is 14.2. The molecule has 5 rings (SSSR count). The smallest absolute Gasteiger partial charge is 0.241 e. The van der Waals surface area contributed by atoms with Crippen LogP contribution in [0.5, 0.6) is 0 Å². The maximum Gasteiger partial charge on any atom is 0.435 e. The van der Waals surface area contributed by atoms with Gasteiger partial charge in [-0.1, -0.05) is 60.7 Å². The third-order valence-corrected chi connectivity index (χ3v) is 5.64. The average molecular weight is 548 g/mol. The van der Waals surface area contributed by atoms with Gasteiger partial charge in [0.2, 0.25) is 12.4 Å². The van der Waals surface area contributed by atoms with Crippen molar-refractivity contribution >= 4 is 11.4 Å². The summed E-state index contributed by atoms with van der Waals surface area (Å²) < 4.78 is 84.9. The molecule has 0 aliphatic heterocycles. The lowest BCUT2D eigenvalue weighted by molar-refractivity contribution is -0.141. The zero-order valence-corrected chi connectivity index (χ0v) is 19.6. The molecule has 0 N–H and O–H groups in total. The summed E-state index contributed by atoms with van der Waals surface area (Å²) in [5, 5.41) is 18.7. The number of halogens is 6. The molecule has 0 atom stereocenters. The summed E-state index contributed by atoms with van der Waals surface area (Å²) in [4.78, 5) is 22.6. The number of nitriles is 2. The van der Waals surface area contributed by atoms with Crippen molar-refractivity contribution in [3.05, 3.63) is 94.8 Å². The second-order valence-electron chi connectivity index (χ2n) is 8.08. The van der Waals surface area contributed by atoms with Crippen LogP contribution < -0.4 is 0 Å². The Bertz CT molecular complexity index is 1670. The van der Waals surface area contributed by atoms with Crippen molar-refractivity contribution in [3.63, 3.8) is 0 Å². The molecule has 0 fully saturated rings. The van der Waals surface area contributed by atoms with Crippen LogP contribution >= 0.6 is 0 Å². The van der Waals surface area contributed by atoms with Gasteiger partial charge in [-0.15, -0.1) is 0 Å². The number of hydrogen-bond acceptors (Lipinski definition) is 8. The van der Waals surface area contributed by atoms with Crippen molar-refractivity contribution < 1.29 is 26.3 Å². The molecule has 1 aliphatic carbocycles. The van der Waals surface area contributed by atoms with E-state index in [1.807, 2.05) is 0 Å². The van der Waals surface area contributed by atoms with Gasteiger partial charge in [0.15, 0.2) is 11.4 Å². The second kappa shape index (κ2) is 9.67. The summed E-state index contributed by atoms with van der Waals surface area (Å²) in [6.07, 6.45) is -7.31. The van der Waals surface area contributed by atoms with Gasteiger partial charge in [0.1, 0.15) is 45.6 Å². The molecule has 0 spiro atoms. The predicted octanol–water partition coefficient (Wildman–Crippen LogP) is 5.59. The maximum atomic E-state index is 14.2. The molecule has 40 heavy (non-hydrogen) atoms. The summed E-state index contributed by atoms with van der Waals surface area (Å²) in [5.41, 5.74) is -7.81. The minimum absolute atomic E-state index is 0.00878. The van der Waals surface area contributed by atoms with Gasteiger partial charge < -0.3 is 0 Å². The number of benzene rings is 2. The molecule has 196 valence electrons. The number of alkyl halides is 6. The van der Waals surface area contributed by atoms with E-state index in [0.29, 0.717) is 0 Å². The Labute approximate surface area is 220 Å². The van der Waals surface area contributed by atoms with Crippen molar-refractivity contribution in [2.75, 3.05) is 0 Å². The highest BCUT2D eigenvalue weighted by molar-refractivity contribution is 6.29. The molecule has 2 aromatic heterocycles. The largest absolute Gasteiger partial charge is 0.435 e. The Balaban J connectivity index is 1.91. The first-order chi connectivity index (χ1) is 19.0. The summed E-state index contributed by atoms with van der Waals surface area (Å²) >= 11 is 0. The van der Waals surface area contributed by atoms with Crippen LogP contribution in [0.1, 0.15) is 34.2 Å². The van der Waals surface area contributed by atoms with Crippen LogP contribution in [0.25, 0.3) is 22.5 Å². The molecule has 1 aliphatic rings. The van der Waals surface area contributed by atoms with Gasteiger partial charge in [0.05, 0.1) is 0 Å². The van der Waals surface area contributed by atoms with Crippen molar-refractivity contribution in [2.24, 2.45) is 9.98 Å². The molecule has 2 heterocycles. The third kappa shape index (κ3) is 4.52. The van der Waals surface area contributed by atoms with Crippen LogP contribution in [0, 0.1) is 22.9 Å². The molecule has 0 unspecified atom stereocenters. The van der Waals surface area contributed by atoms with E-state index in [1.165, 1.54) is 60.9 Å². The van der Waals surface area contributed by atoms with E-state index in [9.17, 15) is 36.9 Å². The topological polar surface area (TPSA) is 124 Å². The third-order valence-electron chi connectivity index (χ3n) is 5.64. The number of rotatable bonds is 2. The van der Waals surface area contributed by atoms with Gasteiger partial charge in [-0.05, 0) is 0 Å². The molecule has 2 aromatic carbocycles. The fraction of sp³-hybridized carbons (Fsp3) is 0.0769. The molecule has 14 heteroatoms. The van der Waals surface area contributed by atoms with Gasteiger partial charge in [-0.3, -0.25) is 0 Å². The lowest BCUT2D eigenvalue weighted by atomic mass is 9.93. The van der Waals surface area contributed by atoms with Crippen LogP contribution in [-0.4, -0.2) is 31.4 Å². The van der Waals surface area contributed by atoms with E-state index in [4.69, 9.17) is 0 Å². The van der Waals surface area contributed by atoms with Crippen molar-refractivity contribution in [2.45, 2.75) is 12.4 Å². The quantitative estimate of drug-likeness (QED) is 0.209. The van der Waals surface area contributed by atoms with Crippen LogP contribution in [-0.2, 0) is 12.4 Å². The van der Waals surface area contributed by atoms with Crippen LogP contribution in [0.2, 0.25) is 0 Å². The summed E-state index contributed by atoms with van der Waals surface area (Å²) in [5.74, 6) is 0. The fourth-order valence-electron chi connectivity index (χ4n) is 4.06. The number of nitrogens with zero attached hydrogens (tertiary/aromatic N) is 8. The summed E-state index contributed by atoms with van der Waals surface area (Å²) in [6.45, 7) is 0. The monoisotopic (exact) mass is 548 g/mol. The first kappa shape index (κ1) is 26.1. The molecule has 0 bridgehead atoms. The number of hydrogen-bond donors (Lipinski definition) is 0. The molecular weight excluding hydrogens is 538 g/mol. The van der Waals surface area contributed by atoms with E-state index in [0.717, 1.165) is 0 Å².